The molecular formula is C14H17FN2OSi. The topological polar surface area (TPSA) is 41.1 Å². The van der Waals surface area contributed by atoms with Gasteiger partial charge >= 0.3 is 0 Å². The van der Waals surface area contributed by atoms with E-state index in [1.54, 1.807) is 0 Å². The summed E-state index contributed by atoms with van der Waals surface area (Å²) >= 11 is 0. The van der Waals surface area contributed by atoms with Crippen molar-refractivity contribution in [3.8, 4) is 11.5 Å². The summed E-state index contributed by atoms with van der Waals surface area (Å²) in [6, 6.07) is 2.64. The van der Waals surface area contributed by atoms with Gasteiger partial charge in [-0.25, -0.2) is 4.39 Å². The van der Waals surface area contributed by atoms with E-state index < -0.39 is 13.9 Å². The summed E-state index contributed by atoms with van der Waals surface area (Å²) in [5, 5.41) is 5.87. The predicted molar refractivity (Wildman–Crippen MR) is 77.4 cm³/mol. The quantitative estimate of drug-likeness (QED) is 0.563. The molecule has 0 atom stereocenters. The van der Waals surface area contributed by atoms with Crippen LogP contribution in [0.5, 0.6) is 0 Å². The molecule has 5 heteroatoms. The average molecular weight is 276 g/mol. The number of rotatable bonds is 0. The molecule has 0 spiro atoms. The Morgan fingerprint density at radius 3 is 2.58 bits per heavy atom. The Balaban J connectivity index is 2.55. The highest BCUT2D eigenvalue weighted by Crippen LogP contribution is 2.23. The Kier molecular flexibility index (Phi) is 3.63. The van der Waals surface area contributed by atoms with Gasteiger partial charge in [0.15, 0.2) is 0 Å². The van der Waals surface area contributed by atoms with E-state index in [4.69, 9.17) is 0 Å². The fourth-order valence-electron chi connectivity index (χ4n) is 1.79. The molecule has 2 rings (SSSR count). The summed E-state index contributed by atoms with van der Waals surface area (Å²) in [6.07, 6.45) is 0. The minimum Gasteiger partial charge on any atom is -0.382 e. The number of carbonyl (C=O) groups excluding carboxylic acids is 1. The van der Waals surface area contributed by atoms with Gasteiger partial charge in [0.25, 0.3) is 5.91 Å². The third-order valence-electron chi connectivity index (χ3n) is 2.63. The van der Waals surface area contributed by atoms with Gasteiger partial charge in [0.05, 0.1) is 16.8 Å². The summed E-state index contributed by atoms with van der Waals surface area (Å²) in [5.74, 6) is 2.34. The molecule has 1 aliphatic heterocycles. The third-order valence-corrected chi connectivity index (χ3v) is 3.51. The van der Waals surface area contributed by atoms with Gasteiger partial charge in [0.2, 0.25) is 0 Å². The van der Waals surface area contributed by atoms with Crippen LogP contribution in [0.2, 0.25) is 19.6 Å². The first-order chi connectivity index (χ1) is 8.87. The molecule has 1 aliphatic rings. The molecule has 0 bridgehead atoms. The molecule has 0 saturated heterocycles. The number of carbonyl (C=O) groups is 1. The van der Waals surface area contributed by atoms with E-state index in [1.165, 1.54) is 12.1 Å². The molecule has 0 radical (unpaired) electrons. The molecule has 3 nitrogen and oxygen atoms in total. The van der Waals surface area contributed by atoms with Crippen LogP contribution in [0.1, 0.15) is 15.9 Å². The maximum absolute atomic E-state index is 13.6. The van der Waals surface area contributed by atoms with Crippen molar-refractivity contribution < 1.29 is 9.18 Å². The van der Waals surface area contributed by atoms with Crippen LogP contribution in [-0.2, 0) is 0 Å². The lowest BCUT2D eigenvalue weighted by Crippen LogP contribution is -2.24. The number of nitrogens with one attached hydrogen (secondary N) is 2. The maximum atomic E-state index is 13.6. The van der Waals surface area contributed by atoms with Crippen molar-refractivity contribution in [1.29, 1.82) is 0 Å². The maximum Gasteiger partial charge on any atom is 0.253 e. The molecule has 19 heavy (non-hydrogen) atoms. The van der Waals surface area contributed by atoms with Crippen LogP contribution in [0, 0.1) is 17.3 Å². The van der Waals surface area contributed by atoms with Gasteiger partial charge in [-0.05, 0) is 12.1 Å². The first-order valence-electron chi connectivity index (χ1n) is 6.25. The Morgan fingerprint density at radius 2 is 1.89 bits per heavy atom. The summed E-state index contributed by atoms with van der Waals surface area (Å²) in [6.45, 7) is 7.51. The van der Waals surface area contributed by atoms with Gasteiger partial charge in [-0.1, -0.05) is 25.6 Å². The van der Waals surface area contributed by atoms with Gasteiger partial charge in [-0.2, -0.15) is 0 Å². The smallest absolute Gasteiger partial charge is 0.253 e. The van der Waals surface area contributed by atoms with Gasteiger partial charge in [-0.3, -0.25) is 4.79 Å². The fourth-order valence-corrected chi connectivity index (χ4v) is 2.30. The third kappa shape index (κ3) is 3.35. The lowest BCUT2D eigenvalue weighted by atomic mass is 10.1. The van der Waals surface area contributed by atoms with Crippen molar-refractivity contribution in [3.63, 3.8) is 0 Å². The largest absolute Gasteiger partial charge is 0.382 e. The minimum atomic E-state index is -1.54. The normalized spacial score (nSPS) is 14.4. The zero-order valence-electron chi connectivity index (χ0n) is 11.4. The molecule has 1 aromatic carbocycles. The predicted octanol–water partition coefficient (Wildman–Crippen LogP) is 2.21. The first-order valence-corrected chi connectivity index (χ1v) is 9.75. The van der Waals surface area contributed by atoms with Crippen molar-refractivity contribution in [2.24, 2.45) is 0 Å². The molecule has 1 amide bonds. The second kappa shape index (κ2) is 5.06. The van der Waals surface area contributed by atoms with Crippen LogP contribution in [0.25, 0.3) is 0 Å². The molecule has 0 unspecified atom stereocenters. The van der Waals surface area contributed by atoms with E-state index in [0.29, 0.717) is 29.9 Å². The monoisotopic (exact) mass is 276 g/mol. The Bertz CT molecular complexity index is 582. The van der Waals surface area contributed by atoms with Gasteiger partial charge < -0.3 is 10.6 Å². The highest BCUT2D eigenvalue weighted by molar-refractivity contribution is 6.83. The molecule has 1 aromatic rings. The van der Waals surface area contributed by atoms with E-state index >= 15 is 0 Å². The number of amides is 1. The number of benzene rings is 1. The lowest BCUT2D eigenvalue weighted by molar-refractivity contribution is 0.0957. The summed E-state index contributed by atoms with van der Waals surface area (Å²) in [7, 11) is -1.54. The SMILES string of the molecule is C[Si](C)(C)C#Cc1cc(F)cc2c1NCCNC2=O. The van der Waals surface area contributed by atoms with Crippen LogP contribution >= 0.6 is 0 Å². The molecular weight excluding hydrogens is 259 g/mol. The van der Waals surface area contributed by atoms with Gasteiger partial charge in [-0.15, -0.1) is 5.54 Å². The second-order valence-electron chi connectivity index (χ2n) is 5.56. The fraction of sp³-hybridized carbons (Fsp3) is 0.357. The van der Waals surface area contributed by atoms with Crippen molar-refractivity contribution in [2.75, 3.05) is 18.4 Å². The van der Waals surface area contributed by atoms with Crippen molar-refractivity contribution >= 4 is 19.7 Å². The molecule has 1 heterocycles. The van der Waals surface area contributed by atoms with Crippen molar-refractivity contribution in [3.05, 3.63) is 29.1 Å². The Morgan fingerprint density at radius 1 is 1.21 bits per heavy atom. The van der Waals surface area contributed by atoms with E-state index in [2.05, 4.69) is 41.7 Å². The number of fused-ring (bicyclic) bond motifs is 1. The van der Waals surface area contributed by atoms with Crippen LogP contribution in [0.15, 0.2) is 12.1 Å². The first kappa shape index (κ1) is 13.6. The molecule has 2 N–H and O–H groups in total. The van der Waals surface area contributed by atoms with Crippen LogP contribution in [-0.4, -0.2) is 27.1 Å². The number of halogens is 1. The van der Waals surface area contributed by atoms with Crippen LogP contribution in [0.3, 0.4) is 0 Å². The summed E-state index contributed by atoms with van der Waals surface area (Å²) in [4.78, 5) is 11.9. The zero-order chi connectivity index (χ0) is 14.0. The molecule has 100 valence electrons. The lowest BCUT2D eigenvalue weighted by Gasteiger charge is -2.10. The van der Waals surface area contributed by atoms with E-state index in [-0.39, 0.29) is 5.91 Å². The number of hydrogen-bond acceptors (Lipinski definition) is 2. The average Bonchev–Trinajstić information content (AvgIpc) is 2.48. The highest BCUT2D eigenvalue weighted by Gasteiger charge is 2.19. The molecule has 0 aliphatic carbocycles. The Hall–Kier alpha value is -1.80. The van der Waals surface area contributed by atoms with Crippen LogP contribution < -0.4 is 10.6 Å². The zero-order valence-corrected chi connectivity index (χ0v) is 12.4. The van der Waals surface area contributed by atoms with Crippen LogP contribution in [0.4, 0.5) is 10.1 Å². The van der Waals surface area contributed by atoms with E-state index in [0.717, 1.165) is 0 Å². The van der Waals surface area contributed by atoms with Crippen molar-refractivity contribution in [2.45, 2.75) is 19.6 Å². The van der Waals surface area contributed by atoms with Gasteiger partial charge in [0.1, 0.15) is 13.9 Å². The minimum absolute atomic E-state index is 0.254. The Labute approximate surface area is 113 Å². The second-order valence-corrected chi connectivity index (χ2v) is 10.3. The highest BCUT2D eigenvalue weighted by atomic mass is 28.3. The van der Waals surface area contributed by atoms with Crippen molar-refractivity contribution in [1.82, 2.24) is 5.32 Å². The molecule has 0 aromatic heterocycles. The number of anilines is 1. The number of hydrogen-bond donors (Lipinski definition) is 2. The molecule has 0 fully saturated rings. The summed E-state index contributed by atoms with van der Waals surface area (Å²) in [5.41, 5.74) is 4.74. The molecule has 0 saturated carbocycles. The summed E-state index contributed by atoms with van der Waals surface area (Å²) < 4.78 is 13.6. The van der Waals surface area contributed by atoms with E-state index in [1.807, 2.05) is 0 Å². The van der Waals surface area contributed by atoms with E-state index in [9.17, 15) is 9.18 Å². The standard InChI is InChI=1S/C14H17FN2OSi/c1-19(2,3)7-4-10-8-11(15)9-12-13(10)16-5-6-17-14(12)18/h8-9,16H,5-6H2,1-3H3,(H,17,18). The van der Waals surface area contributed by atoms with Gasteiger partial charge in [0, 0.05) is 13.1 Å².